The van der Waals surface area contributed by atoms with Gasteiger partial charge in [-0.1, -0.05) is 22.0 Å². The second-order valence-corrected chi connectivity index (χ2v) is 5.48. The van der Waals surface area contributed by atoms with Crippen molar-refractivity contribution in [1.29, 1.82) is 0 Å². The van der Waals surface area contributed by atoms with E-state index in [4.69, 9.17) is 0 Å². The van der Waals surface area contributed by atoms with Crippen molar-refractivity contribution in [2.24, 2.45) is 0 Å². The summed E-state index contributed by atoms with van der Waals surface area (Å²) in [5, 5.41) is 15.8. The van der Waals surface area contributed by atoms with E-state index in [1.54, 1.807) is 24.3 Å². The Labute approximate surface area is 132 Å². The van der Waals surface area contributed by atoms with E-state index in [0.717, 1.165) is 15.7 Å². The number of phenolic OH excluding ortho intramolecular Hbond substituents is 1. The lowest BCUT2D eigenvalue weighted by Crippen LogP contribution is -2.22. The molecule has 0 saturated heterocycles. The smallest absolute Gasteiger partial charge is 0.251 e. The fraction of sp³-hybridized carbons (Fsp3) is 0.188. The maximum atomic E-state index is 11.8. The van der Waals surface area contributed by atoms with Crippen molar-refractivity contribution in [1.82, 2.24) is 5.32 Å². The molecule has 0 aromatic heterocycles. The van der Waals surface area contributed by atoms with E-state index in [2.05, 4.69) is 26.6 Å². The Hall–Kier alpha value is -2.01. The third-order valence-electron chi connectivity index (χ3n) is 2.99. The van der Waals surface area contributed by atoms with Crippen molar-refractivity contribution in [2.75, 3.05) is 11.9 Å². The van der Waals surface area contributed by atoms with E-state index in [1.165, 1.54) is 0 Å². The quantitative estimate of drug-likeness (QED) is 0.774. The molecule has 110 valence electrons. The van der Waals surface area contributed by atoms with Crippen LogP contribution in [0.1, 0.15) is 22.8 Å². The van der Waals surface area contributed by atoms with E-state index < -0.39 is 0 Å². The zero-order valence-corrected chi connectivity index (χ0v) is 13.3. The molecular weight excluding hydrogens is 332 g/mol. The van der Waals surface area contributed by atoms with Gasteiger partial charge in [0, 0.05) is 34.4 Å². The third-order valence-corrected chi connectivity index (χ3v) is 3.48. The summed E-state index contributed by atoms with van der Waals surface area (Å²) in [5.41, 5.74) is 2.23. The van der Waals surface area contributed by atoms with Gasteiger partial charge in [-0.25, -0.2) is 0 Å². The summed E-state index contributed by atoms with van der Waals surface area (Å²) in [5.74, 6) is 0.150. The van der Waals surface area contributed by atoms with E-state index >= 15 is 0 Å². The van der Waals surface area contributed by atoms with Gasteiger partial charge in [0.15, 0.2) is 0 Å². The van der Waals surface area contributed by atoms with Crippen LogP contribution in [0.4, 0.5) is 5.69 Å². The number of carbonyl (C=O) groups is 1. The Balaban J connectivity index is 2.08. The summed E-state index contributed by atoms with van der Waals surface area (Å²) in [4.78, 5) is 11.8. The Morgan fingerprint density at radius 2 is 2.05 bits per heavy atom. The van der Waals surface area contributed by atoms with Crippen LogP contribution in [0.2, 0.25) is 0 Å². The van der Waals surface area contributed by atoms with Crippen LogP contribution in [0.15, 0.2) is 46.9 Å². The molecule has 4 nitrogen and oxygen atoms in total. The van der Waals surface area contributed by atoms with E-state index in [-0.39, 0.29) is 11.7 Å². The van der Waals surface area contributed by atoms with Crippen LogP contribution < -0.4 is 10.6 Å². The molecule has 0 aliphatic rings. The van der Waals surface area contributed by atoms with Crippen LogP contribution in [-0.2, 0) is 6.54 Å². The Bertz CT molecular complexity index is 644. The highest BCUT2D eigenvalue weighted by Gasteiger charge is 2.06. The third kappa shape index (κ3) is 4.23. The molecule has 0 atom stereocenters. The van der Waals surface area contributed by atoms with Crippen molar-refractivity contribution in [3.05, 3.63) is 58.1 Å². The largest absolute Gasteiger partial charge is 0.508 e. The second kappa shape index (κ2) is 7.13. The Kier molecular flexibility index (Phi) is 5.22. The fourth-order valence-electron chi connectivity index (χ4n) is 1.93. The van der Waals surface area contributed by atoms with Crippen LogP contribution in [0.5, 0.6) is 5.75 Å². The molecule has 2 aromatic rings. The monoisotopic (exact) mass is 348 g/mol. The number of hydrogen-bond donors (Lipinski definition) is 3. The molecule has 2 aromatic carbocycles. The molecule has 0 radical (unpaired) electrons. The molecule has 0 saturated carbocycles. The number of hydrogen-bond acceptors (Lipinski definition) is 3. The maximum Gasteiger partial charge on any atom is 0.251 e. The van der Waals surface area contributed by atoms with E-state index in [1.807, 2.05) is 25.1 Å². The molecule has 5 heteroatoms. The zero-order chi connectivity index (χ0) is 15.2. The highest BCUT2D eigenvalue weighted by Crippen LogP contribution is 2.23. The Morgan fingerprint density at radius 1 is 1.24 bits per heavy atom. The van der Waals surface area contributed by atoms with Gasteiger partial charge in [0.2, 0.25) is 0 Å². The van der Waals surface area contributed by atoms with E-state index in [9.17, 15) is 9.90 Å². The maximum absolute atomic E-state index is 11.8. The average Bonchev–Trinajstić information content (AvgIpc) is 2.49. The average molecular weight is 349 g/mol. The molecule has 0 heterocycles. The molecule has 2 rings (SSSR count). The number of phenols is 1. The molecule has 0 aliphatic heterocycles. The van der Waals surface area contributed by atoms with Gasteiger partial charge in [-0.15, -0.1) is 0 Å². The molecular formula is C16H17BrN2O2. The van der Waals surface area contributed by atoms with Gasteiger partial charge in [0.05, 0.1) is 0 Å². The number of rotatable bonds is 5. The molecule has 0 aliphatic carbocycles. The lowest BCUT2D eigenvalue weighted by atomic mass is 10.1. The minimum Gasteiger partial charge on any atom is -0.508 e. The second-order valence-electron chi connectivity index (χ2n) is 4.57. The fourth-order valence-corrected chi connectivity index (χ4v) is 2.33. The minimum absolute atomic E-state index is 0.0912. The number of benzene rings is 2. The van der Waals surface area contributed by atoms with Crippen molar-refractivity contribution in [2.45, 2.75) is 13.5 Å². The summed E-state index contributed by atoms with van der Waals surface area (Å²) in [6.07, 6.45) is 0. The van der Waals surface area contributed by atoms with Crippen LogP contribution in [0.25, 0.3) is 0 Å². The number of amides is 1. The molecule has 0 fully saturated rings. The first-order chi connectivity index (χ1) is 10.1. The van der Waals surface area contributed by atoms with Gasteiger partial charge in [0.25, 0.3) is 5.91 Å². The van der Waals surface area contributed by atoms with Crippen LogP contribution in [0.3, 0.4) is 0 Å². The molecule has 21 heavy (non-hydrogen) atoms. The van der Waals surface area contributed by atoms with Crippen molar-refractivity contribution >= 4 is 27.5 Å². The minimum atomic E-state index is -0.0912. The lowest BCUT2D eigenvalue weighted by molar-refractivity contribution is 0.0956. The summed E-state index contributed by atoms with van der Waals surface area (Å²) in [6.45, 7) is 2.96. The number of aromatic hydroxyl groups is 1. The van der Waals surface area contributed by atoms with Crippen molar-refractivity contribution in [3.8, 4) is 5.75 Å². The lowest BCUT2D eigenvalue weighted by Gasteiger charge is -2.10. The number of nitrogens with one attached hydrogen (secondary N) is 2. The number of anilines is 1. The molecule has 0 unspecified atom stereocenters. The van der Waals surface area contributed by atoms with Gasteiger partial charge < -0.3 is 15.7 Å². The predicted octanol–water partition coefficient (Wildman–Crippen LogP) is 3.52. The van der Waals surface area contributed by atoms with Gasteiger partial charge in [-0.05, 0) is 43.3 Å². The molecule has 1 amide bonds. The predicted molar refractivity (Wildman–Crippen MR) is 87.6 cm³/mol. The summed E-state index contributed by atoms with van der Waals surface area (Å²) >= 11 is 3.38. The first-order valence-electron chi connectivity index (χ1n) is 6.69. The standard InChI is InChI=1S/C16H17BrN2O2/c1-2-18-16(21)11-4-3-5-14(9-11)19-10-12-8-13(17)6-7-15(12)20/h3-9,19-20H,2,10H2,1H3,(H,18,21). The van der Waals surface area contributed by atoms with Gasteiger partial charge >= 0.3 is 0 Å². The highest BCUT2D eigenvalue weighted by atomic mass is 79.9. The van der Waals surface area contributed by atoms with Gasteiger partial charge in [-0.2, -0.15) is 0 Å². The van der Waals surface area contributed by atoms with Gasteiger partial charge in [0.1, 0.15) is 5.75 Å². The van der Waals surface area contributed by atoms with Crippen molar-refractivity contribution < 1.29 is 9.90 Å². The van der Waals surface area contributed by atoms with Crippen LogP contribution in [-0.4, -0.2) is 17.6 Å². The zero-order valence-electron chi connectivity index (χ0n) is 11.7. The summed E-state index contributed by atoms with van der Waals surface area (Å²) < 4.78 is 0.910. The number of carbonyl (C=O) groups excluding carboxylic acids is 1. The Morgan fingerprint density at radius 3 is 2.81 bits per heavy atom. The summed E-state index contributed by atoms with van der Waals surface area (Å²) in [7, 11) is 0. The van der Waals surface area contributed by atoms with Crippen molar-refractivity contribution in [3.63, 3.8) is 0 Å². The normalized spacial score (nSPS) is 10.2. The number of halogens is 1. The molecule has 3 N–H and O–H groups in total. The first-order valence-corrected chi connectivity index (χ1v) is 7.49. The summed E-state index contributed by atoms with van der Waals surface area (Å²) in [6, 6.07) is 12.6. The molecule has 0 bridgehead atoms. The topological polar surface area (TPSA) is 61.4 Å². The van der Waals surface area contributed by atoms with Crippen LogP contribution >= 0.6 is 15.9 Å². The molecule has 0 spiro atoms. The van der Waals surface area contributed by atoms with Crippen LogP contribution in [0, 0.1) is 0 Å². The SMILES string of the molecule is CCNC(=O)c1cccc(NCc2cc(Br)ccc2O)c1. The first kappa shape index (κ1) is 15.4. The highest BCUT2D eigenvalue weighted by molar-refractivity contribution is 9.10. The van der Waals surface area contributed by atoms with Gasteiger partial charge in [-0.3, -0.25) is 4.79 Å². The van der Waals surface area contributed by atoms with E-state index in [0.29, 0.717) is 18.7 Å².